The van der Waals surface area contributed by atoms with Crippen molar-refractivity contribution in [3.8, 4) is 0 Å². The van der Waals surface area contributed by atoms with E-state index >= 15 is 0 Å². The lowest BCUT2D eigenvalue weighted by Crippen LogP contribution is -2.37. The van der Waals surface area contributed by atoms with Crippen molar-refractivity contribution in [1.82, 2.24) is 5.43 Å². The molecule has 2 atom stereocenters. The highest BCUT2D eigenvalue weighted by atomic mass is 35.5. The van der Waals surface area contributed by atoms with Gasteiger partial charge in [0.15, 0.2) is 0 Å². The summed E-state index contributed by atoms with van der Waals surface area (Å²) in [4.78, 5) is 12.3. The van der Waals surface area contributed by atoms with Gasteiger partial charge in [0.2, 0.25) is 0 Å². The molecule has 1 aromatic carbocycles. The molecule has 22 heavy (non-hydrogen) atoms. The maximum atomic E-state index is 12.3. The summed E-state index contributed by atoms with van der Waals surface area (Å²) in [5.74, 6) is 0.376. The number of anilines is 1. The maximum Gasteiger partial charge on any atom is 0.262 e. The van der Waals surface area contributed by atoms with Crippen molar-refractivity contribution in [2.24, 2.45) is 11.0 Å². The first-order valence-electron chi connectivity index (χ1n) is 7.98. The Morgan fingerprint density at radius 2 is 2.09 bits per heavy atom. The van der Waals surface area contributed by atoms with Gasteiger partial charge in [-0.05, 0) is 55.9 Å². The van der Waals surface area contributed by atoms with Crippen LogP contribution in [0.15, 0.2) is 29.4 Å². The molecule has 0 spiro atoms. The van der Waals surface area contributed by atoms with Crippen molar-refractivity contribution in [2.75, 3.05) is 5.32 Å². The van der Waals surface area contributed by atoms with Gasteiger partial charge in [0.05, 0.1) is 0 Å². The van der Waals surface area contributed by atoms with Gasteiger partial charge in [-0.15, -0.1) is 0 Å². The van der Waals surface area contributed by atoms with Crippen molar-refractivity contribution in [1.29, 1.82) is 0 Å². The first-order chi connectivity index (χ1) is 10.6. The second-order valence-corrected chi connectivity index (χ2v) is 6.27. The Kier molecular flexibility index (Phi) is 6.25. The molecule has 0 heterocycles. The van der Waals surface area contributed by atoms with Crippen LogP contribution in [0.5, 0.6) is 0 Å². The normalized spacial score (nSPS) is 21.4. The number of carbonyl (C=O) groups is 1. The zero-order chi connectivity index (χ0) is 15.9. The number of nitrogens with one attached hydrogen (secondary N) is 2. The minimum absolute atomic E-state index is 0.0947. The van der Waals surface area contributed by atoms with Crippen LogP contribution in [0.2, 0.25) is 5.02 Å². The largest absolute Gasteiger partial charge is 0.374 e. The third kappa shape index (κ3) is 4.73. The van der Waals surface area contributed by atoms with E-state index in [1.165, 1.54) is 12.8 Å². The van der Waals surface area contributed by atoms with E-state index in [9.17, 15) is 4.79 Å². The van der Waals surface area contributed by atoms with Gasteiger partial charge in [0.1, 0.15) is 6.04 Å². The molecule has 1 saturated carbocycles. The molecule has 5 heteroatoms. The Morgan fingerprint density at radius 3 is 2.73 bits per heavy atom. The SMILES string of the molecule is CC[C@H](Nc1ccc(Cl)cc1)C(=O)NN=C1CCCC[C@@H]1C. The first-order valence-corrected chi connectivity index (χ1v) is 8.36. The Morgan fingerprint density at radius 1 is 1.36 bits per heavy atom. The van der Waals surface area contributed by atoms with Crippen LogP contribution in [-0.4, -0.2) is 17.7 Å². The lowest BCUT2D eigenvalue weighted by Gasteiger charge is -2.21. The van der Waals surface area contributed by atoms with Crippen molar-refractivity contribution in [3.05, 3.63) is 29.3 Å². The average molecular weight is 322 g/mol. The molecule has 0 aromatic heterocycles. The predicted molar refractivity (Wildman–Crippen MR) is 92.4 cm³/mol. The molecule has 0 saturated heterocycles. The second-order valence-electron chi connectivity index (χ2n) is 5.84. The van der Waals surface area contributed by atoms with Gasteiger partial charge in [-0.2, -0.15) is 5.10 Å². The molecule has 0 aliphatic heterocycles. The number of rotatable bonds is 5. The molecule has 1 aliphatic carbocycles. The van der Waals surface area contributed by atoms with Crippen LogP contribution < -0.4 is 10.7 Å². The van der Waals surface area contributed by atoms with Gasteiger partial charge in [0.25, 0.3) is 5.91 Å². The van der Waals surface area contributed by atoms with Crippen LogP contribution in [-0.2, 0) is 4.79 Å². The molecule has 2 N–H and O–H groups in total. The molecule has 1 fully saturated rings. The molecule has 1 aromatic rings. The minimum Gasteiger partial charge on any atom is -0.374 e. The smallest absolute Gasteiger partial charge is 0.262 e. The van der Waals surface area contributed by atoms with E-state index in [0.29, 0.717) is 17.4 Å². The molecule has 120 valence electrons. The second kappa shape index (κ2) is 8.18. The number of carbonyl (C=O) groups excluding carboxylic acids is 1. The Labute approximate surface area is 137 Å². The summed E-state index contributed by atoms with van der Waals surface area (Å²) < 4.78 is 0. The van der Waals surface area contributed by atoms with Crippen LogP contribution in [0.4, 0.5) is 5.69 Å². The number of amides is 1. The zero-order valence-electron chi connectivity index (χ0n) is 13.2. The van der Waals surface area contributed by atoms with E-state index in [0.717, 1.165) is 24.2 Å². The number of hydrogen-bond donors (Lipinski definition) is 2. The Bertz CT molecular complexity index is 527. The maximum absolute atomic E-state index is 12.3. The molecule has 1 amide bonds. The summed E-state index contributed by atoms with van der Waals surface area (Å²) in [6.07, 6.45) is 5.26. The van der Waals surface area contributed by atoms with Gasteiger partial charge in [-0.1, -0.05) is 31.9 Å². The van der Waals surface area contributed by atoms with Crippen LogP contribution >= 0.6 is 11.6 Å². The number of hydrazone groups is 1. The van der Waals surface area contributed by atoms with Gasteiger partial charge >= 0.3 is 0 Å². The van der Waals surface area contributed by atoms with E-state index in [1.54, 1.807) is 12.1 Å². The summed E-state index contributed by atoms with van der Waals surface area (Å²) in [5, 5.41) is 8.24. The quantitative estimate of drug-likeness (QED) is 0.798. The molecule has 2 rings (SSSR count). The Hall–Kier alpha value is -1.55. The van der Waals surface area contributed by atoms with Crippen LogP contribution in [0, 0.1) is 5.92 Å². The molecular weight excluding hydrogens is 298 g/mol. The lowest BCUT2D eigenvalue weighted by atomic mass is 9.89. The molecule has 0 radical (unpaired) electrons. The van der Waals surface area contributed by atoms with Gasteiger partial charge in [0, 0.05) is 16.4 Å². The predicted octanol–water partition coefficient (Wildman–Crippen LogP) is 4.21. The monoisotopic (exact) mass is 321 g/mol. The third-order valence-electron chi connectivity index (χ3n) is 4.11. The van der Waals surface area contributed by atoms with Crippen LogP contribution in [0.25, 0.3) is 0 Å². The fraction of sp³-hybridized carbons (Fsp3) is 0.529. The number of hydrogen-bond acceptors (Lipinski definition) is 3. The van der Waals surface area contributed by atoms with E-state index in [4.69, 9.17) is 11.6 Å². The minimum atomic E-state index is -0.301. The highest BCUT2D eigenvalue weighted by Gasteiger charge is 2.19. The summed E-state index contributed by atoms with van der Waals surface area (Å²) in [7, 11) is 0. The summed E-state index contributed by atoms with van der Waals surface area (Å²) in [6, 6.07) is 7.04. The van der Waals surface area contributed by atoms with Crippen LogP contribution in [0.1, 0.15) is 46.0 Å². The summed E-state index contributed by atoms with van der Waals surface area (Å²) in [6.45, 7) is 4.15. The van der Waals surface area contributed by atoms with E-state index in [-0.39, 0.29) is 11.9 Å². The van der Waals surface area contributed by atoms with Crippen molar-refractivity contribution in [2.45, 2.75) is 52.0 Å². The van der Waals surface area contributed by atoms with E-state index in [2.05, 4.69) is 22.8 Å². The summed E-state index contributed by atoms with van der Waals surface area (Å²) in [5.41, 5.74) is 4.72. The van der Waals surface area contributed by atoms with E-state index < -0.39 is 0 Å². The van der Waals surface area contributed by atoms with Crippen molar-refractivity contribution < 1.29 is 4.79 Å². The topological polar surface area (TPSA) is 53.5 Å². The van der Waals surface area contributed by atoms with E-state index in [1.807, 2.05) is 19.1 Å². The number of benzene rings is 1. The fourth-order valence-corrected chi connectivity index (χ4v) is 2.77. The molecule has 0 unspecified atom stereocenters. The van der Waals surface area contributed by atoms with Crippen molar-refractivity contribution in [3.63, 3.8) is 0 Å². The highest BCUT2D eigenvalue weighted by Crippen LogP contribution is 2.20. The molecule has 0 bridgehead atoms. The third-order valence-corrected chi connectivity index (χ3v) is 4.36. The lowest BCUT2D eigenvalue weighted by molar-refractivity contribution is -0.121. The van der Waals surface area contributed by atoms with Gasteiger partial charge < -0.3 is 5.32 Å². The summed E-state index contributed by atoms with van der Waals surface area (Å²) >= 11 is 5.87. The fourth-order valence-electron chi connectivity index (χ4n) is 2.64. The van der Waals surface area contributed by atoms with Crippen LogP contribution in [0.3, 0.4) is 0 Å². The number of halogens is 1. The standard InChI is InChI=1S/C17H24ClN3O/c1-3-15(19-14-10-8-13(18)9-11-14)17(22)21-20-16-7-5-4-6-12(16)2/h8-12,15,19H,3-7H2,1-2H3,(H,21,22)/t12-,15-/m0/s1. The zero-order valence-corrected chi connectivity index (χ0v) is 14.0. The Balaban J connectivity index is 1.93. The van der Waals surface area contributed by atoms with Gasteiger partial charge in [-0.3, -0.25) is 4.79 Å². The highest BCUT2D eigenvalue weighted by molar-refractivity contribution is 6.30. The van der Waals surface area contributed by atoms with Crippen molar-refractivity contribution >= 4 is 28.9 Å². The molecule has 1 aliphatic rings. The first kappa shape index (κ1) is 16.8. The molecule has 4 nitrogen and oxygen atoms in total. The van der Waals surface area contributed by atoms with Gasteiger partial charge in [-0.25, -0.2) is 5.43 Å². The molecular formula is C17H24ClN3O. The average Bonchev–Trinajstić information content (AvgIpc) is 2.53. The number of nitrogens with zero attached hydrogens (tertiary/aromatic N) is 1.